The summed E-state index contributed by atoms with van der Waals surface area (Å²) in [4.78, 5) is 17.5. The largest absolute Gasteiger partial charge is 0.481 e. The van der Waals surface area contributed by atoms with E-state index in [2.05, 4.69) is 10.2 Å². The average Bonchev–Trinajstić information content (AvgIpc) is 1.96. The summed E-state index contributed by atoms with van der Waals surface area (Å²) in [5.41, 5.74) is 8.03. The summed E-state index contributed by atoms with van der Waals surface area (Å²) < 4.78 is 0.541. The first kappa shape index (κ1) is 12.5. The molecule has 0 radical (unpaired) electrons. The smallest absolute Gasteiger partial charge is 0.307 e. The fraction of sp³-hybridized carbons (Fsp3) is 0.857. The Morgan fingerprint density at radius 2 is 2.21 bits per heavy atom. The summed E-state index contributed by atoms with van der Waals surface area (Å²) in [6.45, 7) is 0.464. The summed E-state index contributed by atoms with van der Waals surface area (Å²) >= 11 is 0. The van der Waals surface area contributed by atoms with Crippen molar-refractivity contribution in [3.63, 3.8) is 0 Å². The van der Waals surface area contributed by atoms with Crippen LogP contribution in [-0.2, 0) is 9.63 Å². The molecule has 0 aliphatic rings. The van der Waals surface area contributed by atoms with Gasteiger partial charge in [0.25, 0.3) is 0 Å². The number of hydrogen-bond acceptors (Lipinski definition) is 3. The molecular weight excluding hydrogens is 188 g/mol. The Bertz CT molecular complexity index is 238. The third-order valence-corrected chi connectivity index (χ3v) is 1.39. The minimum Gasteiger partial charge on any atom is -0.481 e. The molecule has 14 heavy (non-hydrogen) atoms. The van der Waals surface area contributed by atoms with Gasteiger partial charge in [-0.05, 0) is 5.53 Å². The number of carbonyl (C=O) groups is 1. The molecule has 0 spiro atoms. The molecule has 7 nitrogen and oxygen atoms in total. The van der Waals surface area contributed by atoms with E-state index in [1.807, 2.05) is 21.1 Å². The van der Waals surface area contributed by atoms with Crippen LogP contribution >= 0.6 is 0 Å². The second-order valence-corrected chi connectivity index (χ2v) is 3.97. The predicted molar refractivity (Wildman–Crippen MR) is 49.2 cm³/mol. The lowest BCUT2D eigenvalue weighted by Crippen LogP contribution is -2.42. The van der Waals surface area contributed by atoms with E-state index in [-0.39, 0.29) is 6.42 Å². The van der Waals surface area contributed by atoms with Crippen molar-refractivity contribution in [3.05, 3.63) is 10.4 Å². The highest BCUT2D eigenvalue weighted by atomic mass is 16.7. The van der Waals surface area contributed by atoms with Gasteiger partial charge < -0.3 is 14.4 Å². The molecule has 0 heterocycles. The number of aliphatic carboxylic acids is 1. The van der Waals surface area contributed by atoms with E-state index < -0.39 is 12.1 Å². The summed E-state index contributed by atoms with van der Waals surface area (Å²) in [5, 5.41) is 11.5. The molecule has 0 aromatic carbocycles. The van der Waals surface area contributed by atoms with E-state index in [0.29, 0.717) is 11.0 Å². The molecule has 0 amide bonds. The van der Waals surface area contributed by atoms with Crippen molar-refractivity contribution >= 4 is 5.97 Å². The van der Waals surface area contributed by atoms with Crippen LogP contribution in [-0.4, -0.2) is 49.4 Å². The van der Waals surface area contributed by atoms with Crippen molar-refractivity contribution in [3.8, 4) is 0 Å². The van der Waals surface area contributed by atoms with Crippen molar-refractivity contribution in [2.24, 2.45) is 5.28 Å². The number of hydrogen-bond donors (Lipinski definition) is 1. The first-order valence-corrected chi connectivity index (χ1v) is 4.07. The van der Waals surface area contributed by atoms with Gasteiger partial charge in [0.05, 0.1) is 27.6 Å². The quantitative estimate of drug-likeness (QED) is 0.227. The SMILES string of the molecule is C[N+](C)(C)C[C@H](CC(=O)O)ON=[N+]=[N-]. The second kappa shape index (κ2) is 5.31. The standard InChI is InChI=1S/C7H14N4O3/c1-11(2,3)5-6(4-7(12)13)14-10-9-8/h6H,4-5H2,1-3H3/p+1/t6-/m0/s1. The van der Waals surface area contributed by atoms with Crippen LogP contribution in [0.25, 0.3) is 10.4 Å². The second-order valence-electron chi connectivity index (χ2n) is 3.97. The zero-order chi connectivity index (χ0) is 11.2. The average molecular weight is 203 g/mol. The van der Waals surface area contributed by atoms with Crippen LogP contribution in [0.15, 0.2) is 5.28 Å². The Kier molecular flexibility index (Phi) is 4.76. The minimum absolute atomic E-state index is 0.172. The lowest BCUT2D eigenvalue weighted by atomic mass is 10.2. The van der Waals surface area contributed by atoms with Crippen LogP contribution in [0.4, 0.5) is 0 Å². The fourth-order valence-corrected chi connectivity index (χ4v) is 1.03. The van der Waals surface area contributed by atoms with Crippen molar-refractivity contribution < 1.29 is 19.2 Å². The lowest BCUT2D eigenvalue weighted by Gasteiger charge is -2.27. The van der Waals surface area contributed by atoms with Crippen molar-refractivity contribution in [1.82, 2.24) is 0 Å². The maximum absolute atomic E-state index is 10.4. The lowest BCUT2D eigenvalue weighted by molar-refractivity contribution is -0.873. The third kappa shape index (κ3) is 7.20. The zero-order valence-corrected chi connectivity index (χ0v) is 8.54. The first-order valence-electron chi connectivity index (χ1n) is 4.07. The highest BCUT2D eigenvalue weighted by Crippen LogP contribution is 2.05. The van der Waals surface area contributed by atoms with E-state index in [0.717, 1.165) is 0 Å². The summed E-state index contributed by atoms with van der Waals surface area (Å²) in [6, 6.07) is 0. The number of nitrogens with zero attached hydrogens (tertiary/aromatic N) is 4. The highest BCUT2D eigenvalue weighted by Gasteiger charge is 2.21. The van der Waals surface area contributed by atoms with Crippen LogP contribution in [0, 0.1) is 0 Å². The van der Waals surface area contributed by atoms with Gasteiger partial charge in [-0.15, -0.1) is 0 Å². The van der Waals surface area contributed by atoms with Crippen LogP contribution in [0.3, 0.4) is 0 Å². The number of azide groups is 1. The van der Waals surface area contributed by atoms with Gasteiger partial charge in [-0.2, -0.15) is 0 Å². The van der Waals surface area contributed by atoms with Crippen molar-refractivity contribution in [1.29, 1.82) is 0 Å². The Balaban J connectivity index is 4.24. The summed E-state index contributed by atoms with van der Waals surface area (Å²) in [5.74, 6) is -0.975. The van der Waals surface area contributed by atoms with Gasteiger partial charge in [0.15, 0.2) is 6.10 Å². The molecule has 0 aromatic rings. The summed E-state index contributed by atoms with van der Waals surface area (Å²) in [7, 11) is 5.69. The number of quaternary nitrogens is 1. The molecule has 1 atom stereocenters. The van der Waals surface area contributed by atoms with Gasteiger partial charge in [-0.1, -0.05) is 0 Å². The minimum atomic E-state index is -0.975. The van der Waals surface area contributed by atoms with E-state index in [4.69, 9.17) is 15.5 Å². The normalized spacial score (nSPS) is 12.8. The number of carboxylic acid groups (broad SMARTS) is 1. The van der Waals surface area contributed by atoms with E-state index >= 15 is 0 Å². The van der Waals surface area contributed by atoms with Crippen LogP contribution < -0.4 is 0 Å². The maximum Gasteiger partial charge on any atom is 0.307 e. The molecule has 0 bridgehead atoms. The highest BCUT2D eigenvalue weighted by molar-refractivity contribution is 5.67. The number of rotatable bonds is 6. The fourth-order valence-electron chi connectivity index (χ4n) is 1.03. The monoisotopic (exact) mass is 203 g/mol. The molecule has 7 heteroatoms. The first-order chi connectivity index (χ1) is 6.35. The summed E-state index contributed by atoms with van der Waals surface area (Å²) in [6.07, 6.45) is -0.766. The Morgan fingerprint density at radius 3 is 2.57 bits per heavy atom. The van der Waals surface area contributed by atoms with Crippen molar-refractivity contribution in [2.75, 3.05) is 27.7 Å². The molecule has 0 saturated heterocycles. The molecule has 0 unspecified atom stereocenters. The molecule has 0 fully saturated rings. The van der Waals surface area contributed by atoms with E-state index in [9.17, 15) is 4.79 Å². The Hall–Kier alpha value is -1.46. The predicted octanol–water partition coefficient (Wildman–Crippen LogP) is 0.778. The van der Waals surface area contributed by atoms with Crippen LogP contribution in [0.5, 0.6) is 0 Å². The number of carboxylic acids is 1. The van der Waals surface area contributed by atoms with Gasteiger partial charge in [-0.3, -0.25) is 4.79 Å². The van der Waals surface area contributed by atoms with Gasteiger partial charge in [0.2, 0.25) is 0 Å². The molecule has 0 rings (SSSR count). The van der Waals surface area contributed by atoms with E-state index in [1.54, 1.807) is 0 Å². The molecule has 0 aromatic heterocycles. The molecule has 0 aliphatic heterocycles. The maximum atomic E-state index is 10.4. The third-order valence-electron chi connectivity index (χ3n) is 1.39. The molecule has 0 saturated carbocycles. The zero-order valence-electron chi connectivity index (χ0n) is 8.54. The Labute approximate surface area is 82.1 Å². The molecule has 80 valence electrons. The Morgan fingerprint density at radius 1 is 1.64 bits per heavy atom. The topological polar surface area (TPSA) is 95.3 Å². The molecule has 1 N–H and O–H groups in total. The van der Waals surface area contributed by atoms with Crippen molar-refractivity contribution in [2.45, 2.75) is 12.5 Å². The van der Waals surface area contributed by atoms with Gasteiger partial charge in [0.1, 0.15) is 11.8 Å². The van der Waals surface area contributed by atoms with Gasteiger partial charge in [-0.25, -0.2) is 0 Å². The van der Waals surface area contributed by atoms with Crippen LogP contribution in [0.2, 0.25) is 0 Å². The molecule has 0 aliphatic carbocycles. The van der Waals surface area contributed by atoms with Gasteiger partial charge in [0, 0.05) is 4.91 Å². The number of likely N-dealkylation sites (N-methyl/N-ethyl adjacent to an activating group) is 1. The molecular formula is C7H15N4O3+. The van der Waals surface area contributed by atoms with Crippen LogP contribution in [0.1, 0.15) is 6.42 Å². The van der Waals surface area contributed by atoms with Gasteiger partial charge >= 0.3 is 5.97 Å². The van der Waals surface area contributed by atoms with E-state index in [1.165, 1.54) is 0 Å².